The van der Waals surface area contributed by atoms with E-state index in [4.69, 9.17) is 5.11 Å². The van der Waals surface area contributed by atoms with Gasteiger partial charge in [-0.05, 0) is 6.92 Å². The molecule has 0 aliphatic carbocycles. The number of hydrogen-bond donors (Lipinski definition) is 3. The second kappa shape index (κ2) is 4.30. The number of rotatable bonds is 5. The van der Waals surface area contributed by atoms with Crippen LogP contribution in [0.15, 0.2) is 6.20 Å². The van der Waals surface area contributed by atoms with Gasteiger partial charge in [-0.2, -0.15) is 5.10 Å². The fourth-order valence-electron chi connectivity index (χ4n) is 0.878. The molecule has 0 aromatic carbocycles. The largest absolute Gasteiger partial charge is 0.481 e. The first-order valence-corrected chi connectivity index (χ1v) is 5.78. The van der Waals surface area contributed by atoms with Crippen molar-refractivity contribution in [1.29, 1.82) is 0 Å². The highest BCUT2D eigenvalue weighted by atomic mass is 32.2. The van der Waals surface area contributed by atoms with Gasteiger partial charge in [0.1, 0.15) is 5.82 Å². The van der Waals surface area contributed by atoms with Crippen LogP contribution in [0.25, 0.3) is 0 Å². The van der Waals surface area contributed by atoms with Crippen LogP contribution in [0.5, 0.6) is 0 Å². The van der Waals surface area contributed by atoms with Crippen LogP contribution in [0.1, 0.15) is 12.0 Å². The molecular formula is C7H11N3O4S. The number of aromatic nitrogens is 2. The highest BCUT2D eigenvalue weighted by Crippen LogP contribution is 2.10. The molecule has 3 N–H and O–H groups in total. The van der Waals surface area contributed by atoms with Crippen molar-refractivity contribution >= 4 is 21.8 Å². The van der Waals surface area contributed by atoms with Gasteiger partial charge >= 0.3 is 5.97 Å². The molecule has 0 fully saturated rings. The van der Waals surface area contributed by atoms with Crippen LogP contribution in [-0.2, 0) is 14.8 Å². The maximum absolute atomic E-state index is 11.3. The third-order valence-electron chi connectivity index (χ3n) is 1.67. The minimum absolute atomic E-state index is 0.264. The van der Waals surface area contributed by atoms with Crippen molar-refractivity contribution in [2.45, 2.75) is 13.3 Å². The second-order valence-electron chi connectivity index (χ2n) is 2.99. The molecule has 1 aromatic rings. The molecule has 0 aliphatic heterocycles. The van der Waals surface area contributed by atoms with Crippen LogP contribution in [-0.4, -0.2) is 35.4 Å². The lowest BCUT2D eigenvalue weighted by molar-refractivity contribution is -0.136. The average molecular weight is 233 g/mol. The van der Waals surface area contributed by atoms with Gasteiger partial charge in [-0.15, -0.1) is 0 Å². The Balaban J connectivity index is 2.65. The lowest BCUT2D eigenvalue weighted by atomic mass is 10.4. The smallest absolute Gasteiger partial charge is 0.304 e. The van der Waals surface area contributed by atoms with E-state index in [0.29, 0.717) is 5.56 Å². The minimum atomic E-state index is -3.62. The van der Waals surface area contributed by atoms with E-state index < -0.39 is 28.2 Å². The predicted molar refractivity (Wildman–Crippen MR) is 53.0 cm³/mol. The van der Waals surface area contributed by atoms with Crippen LogP contribution < -0.4 is 4.72 Å². The minimum Gasteiger partial charge on any atom is -0.481 e. The first-order valence-electron chi connectivity index (χ1n) is 4.13. The van der Waals surface area contributed by atoms with E-state index in [1.54, 1.807) is 6.92 Å². The maximum atomic E-state index is 11.3. The quantitative estimate of drug-likeness (QED) is 0.659. The van der Waals surface area contributed by atoms with Crippen molar-refractivity contribution in [1.82, 2.24) is 10.2 Å². The summed E-state index contributed by atoms with van der Waals surface area (Å²) < 4.78 is 24.9. The van der Waals surface area contributed by atoms with E-state index in [1.165, 1.54) is 6.20 Å². The molecule has 7 nitrogen and oxygen atoms in total. The monoisotopic (exact) mass is 233 g/mol. The number of carboxylic acids is 1. The zero-order valence-corrected chi connectivity index (χ0v) is 8.84. The van der Waals surface area contributed by atoms with E-state index in [0.717, 1.165) is 0 Å². The SMILES string of the molecule is Cc1cn[nH]c1NS(=O)(=O)CCC(=O)O. The molecule has 0 bridgehead atoms. The number of carboxylic acid groups (broad SMARTS) is 1. The summed E-state index contributed by atoms with van der Waals surface area (Å²) >= 11 is 0. The first-order chi connectivity index (χ1) is 6.91. The number of aromatic amines is 1. The molecule has 0 atom stereocenters. The van der Waals surface area contributed by atoms with Gasteiger partial charge in [-0.25, -0.2) is 8.42 Å². The molecule has 1 heterocycles. The normalized spacial score (nSPS) is 11.3. The van der Waals surface area contributed by atoms with Crippen molar-refractivity contribution in [3.8, 4) is 0 Å². The van der Waals surface area contributed by atoms with Gasteiger partial charge in [0.2, 0.25) is 10.0 Å². The third-order valence-corrected chi connectivity index (χ3v) is 2.93. The summed E-state index contributed by atoms with van der Waals surface area (Å²) in [4.78, 5) is 10.2. The lowest BCUT2D eigenvalue weighted by Crippen LogP contribution is -2.19. The molecule has 0 unspecified atom stereocenters. The van der Waals surface area contributed by atoms with Crippen LogP contribution in [0.3, 0.4) is 0 Å². The van der Waals surface area contributed by atoms with Crippen molar-refractivity contribution in [3.05, 3.63) is 11.8 Å². The van der Waals surface area contributed by atoms with Gasteiger partial charge in [0.15, 0.2) is 0 Å². The number of carbonyl (C=O) groups is 1. The van der Waals surface area contributed by atoms with E-state index in [2.05, 4.69) is 14.9 Å². The predicted octanol–water partition coefficient (Wildman–Crippen LogP) is -0.0655. The van der Waals surface area contributed by atoms with E-state index in [1.807, 2.05) is 0 Å². The topological polar surface area (TPSA) is 112 Å². The summed E-state index contributed by atoms with van der Waals surface area (Å²) in [6.07, 6.45) is 1.04. The van der Waals surface area contributed by atoms with Gasteiger partial charge in [-0.1, -0.05) is 0 Å². The molecule has 15 heavy (non-hydrogen) atoms. The Labute approximate surface area is 86.6 Å². The van der Waals surface area contributed by atoms with Gasteiger partial charge in [-0.3, -0.25) is 14.6 Å². The average Bonchev–Trinajstić information content (AvgIpc) is 2.48. The molecule has 84 valence electrons. The number of aryl methyl sites for hydroxylation is 1. The summed E-state index contributed by atoms with van der Waals surface area (Å²) in [6.45, 7) is 1.68. The number of hydrogen-bond acceptors (Lipinski definition) is 4. The number of sulfonamides is 1. The van der Waals surface area contributed by atoms with Gasteiger partial charge < -0.3 is 5.11 Å². The number of H-pyrrole nitrogens is 1. The highest BCUT2D eigenvalue weighted by molar-refractivity contribution is 7.92. The fourth-order valence-corrected chi connectivity index (χ4v) is 1.94. The van der Waals surface area contributed by atoms with Crippen LogP contribution in [0.4, 0.5) is 5.82 Å². The molecule has 0 aliphatic rings. The Morgan fingerprint density at radius 2 is 2.33 bits per heavy atom. The standard InChI is InChI=1S/C7H11N3O4S/c1-5-4-8-9-7(5)10-15(13,14)3-2-6(11)12/h4H,2-3H2,1H3,(H,11,12)(H2,8,9,10). The van der Waals surface area contributed by atoms with E-state index in [9.17, 15) is 13.2 Å². The summed E-state index contributed by atoms with van der Waals surface area (Å²) in [7, 11) is -3.62. The highest BCUT2D eigenvalue weighted by Gasteiger charge is 2.14. The van der Waals surface area contributed by atoms with Gasteiger partial charge in [0, 0.05) is 5.56 Å². The summed E-state index contributed by atoms with van der Waals surface area (Å²) in [6, 6.07) is 0. The Kier molecular flexibility index (Phi) is 3.30. The Bertz CT molecular complexity index is 451. The van der Waals surface area contributed by atoms with Crippen LogP contribution in [0, 0.1) is 6.92 Å². The van der Waals surface area contributed by atoms with Crippen molar-refractivity contribution in [2.75, 3.05) is 10.5 Å². The van der Waals surface area contributed by atoms with E-state index >= 15 is 0 Å². The molecule has 0 amide bonds. The van der Waals surface area contributed by atoms with Gasteiger partial charge in [0.05, 0.1) is 18.4 Å². The number of nitrogens with zero attached hydrogens (tertiary/aromatic N) is 1. The number of nitrogens with one attached hydrogen (secondary N) is 2. The molecule has 8 heteroatoms. The van der Waals surface area contributed by atoms with Gasteiger partial charge in [0.25, 0.3) is 0 Å². The fraction of sp³-hybridized carbons (Fsp3) is 0.429. The zero-order valence-electron chi connectivity index (χ0n) is 8.02. The van der Waals surface area contributed by atoms with Crippen molar-refractivity contribution < 1.29 is 18.3 Å². The lowest BCUT2D eigenvalue weighted by Gasteiger charge is -2.04. The summed E-state index contributed by atoms with van der Waals surface area (Å²) in [5.41, 5.74) is 0.647. The summed E-state index contributed by atoms with van der Waals surface area (Å²) in [5.74, 6) is -1.34. The maximum Gasteiger partial charge on any atom is 0.304 e. The third kappa shape index (κ3) is 3.58. The summed E-state index contributed by atoms with van der Waals surface area (Å²) in [5, 5.41) is 14.4. The zero-order chi connectivity index (χ0) is 11.5. The molecule has 0 spiro atoms. The Hall–Kier alpha value is -1.57. The molecular weight excluding hydrogens is 222 g/mol. The molecule has 1 aromatic heterocycles. The van der Waals surface area contributed by atoms with Crippen molar-refractivity contribution in [3.63, 3.8) is 0 Å². The second-order valence-corrected chi connectivity index (χ2v) is 4.83. The Morgan fingerprint density at radius 1 is 1.67 bits per heavy atom. The Morgan fingerprint density at radius 3 is 2.80 bits per heavy atom. The number of aliphatic carboxylic acids is 1. The van der Waals surface area contributed by atoms with Crippen LogP contribution >= 0.6 is 0 Å². The number of anilines is 1. The molecule has 0 saturated carbocycles. The molecule has 1 rings (SSSR count). The van der Waals surface area contributed by atoms with Crippen LogP contribution in [0.2, 0.25) is 0 Å². The molecule has 0 saturated heterocycles. The van der Waals surface area contributed by atoms with E-state index in [-0.39, 0.29) is 5.82 Å². The first kappa shape index (κ1) is 11.5. The molecule has 0 radical (unpaired) electrons. The van der Waals surface area contributed by atoms with Crippen molar-refractivity contribution in [2.24, 2.45) is 0 Å².